The van der Waals surface area contributed by atoms with E-state index in [2.05, 4.69) is 32.3 Å². The van der Waals surface area contributed by atoms with Crippen molar-refractivity contribution in [2.45, 2.75) is 45.4 Å². The van der Waals surface area contributed by atoms with Gasteiger partial charge in [-0.2, -0.15) is 0 Å². The van der Waals surface area contributed by atoms with E-state index in [-0.39, 0.29) is 11.6 Å². The zero-order valence-corrected chi connectivity index (χ0v) is 21.0. The lowest BCUT2D eigenvalue weighted by Gasteiger charge is -2.30. The lowest BCUT2D eigenvalue weighted by atomic mass is 10.1. The fraction of sp³-hybridized carbons (Fsp3) is 0.333. The van der Waals surface area contributed by atoms with Gasteiger partial charge in [-0.3, -0.25) is 9.69 Å². The monoisotopic (exact) mass is 516 g/mol. The SMILES string of the molecule is CCC[C@H](c1nnnn1Cc1ccco1)N(Cc1ccco1)Cc1cc2cc3c(cc2[nH]c1=O)OCCO3. The molecular weight excluding hydrogens is 488 g/mol. The lowest BCUT2D eigenvalue weighted by Crippen LogP contribution is -2.32. The summed E-state index contributed by atoms with van der Waals surface area (Å²) in [6.45, 7) is 4.35. The van der Waals surface area contributed by atoms with Gasteiger partial charge in [0.25, 0.3) is 5.56 Å². The Morgan fingerprint density at radius 2 is 1.79 bits per heavy atom. The van der Waals surface area contributed by atoms with Crippen LogP contribution in [0.2, 0.25) is 0 Å². The van der Waals surface area contributed by atoms with Crippen molar-refractivity contribution in [3.8, 4) is 11.5 Å². The highest BCUT2D eigenvalue weighted by atomic mass is 16.6. The van der Waals surface area contributed by atoms with Crippen molar-refractivity contribution in [2.75, 3.05) is 13.2 Å². The normalized spacial score (nSPS) is 13.8. The highest BCUT2D eigenvalue weighted by molar-refractivity contribution is 5.83. The van der Waals surface area contributed by atoms with Crippen LogP contribution in [0.15, 0.2) is 68.6 Å². The Bertz CT molecular complexity index is 1560. The minimum atomic E-state index is -0.176. The van der Waals surface area contributed by atoms with Crippen LogP contribution in [0.5, 0.6) is 11.5 Å². The number of pyridine rings is 1. The van der Waals surface area contributed by atoms with Crippen molar-refractivity contribution in [3.63, 3.8) is 0 Å². The number of nitrogens with zero attached hydrogens (tertiary/aromatic N) is 5. The Labute approximate surface area is 218 Å². The fourth-order valence-electron chi connectivity index (χ4n) is 4.86. The van der Waals surface area contributed by atoms with Crippen LogP contribution in [-0.4, -0.2) is 43.3 Å². The molecule has 1 aliphatic rings. The second kappa shape index (κ2) is 10.5. The van der Waals surface area contributed by atoms with Crippen molar-refractivity contribution in [1.29, 1.82) is 0 Å². The van der Waals surface area contributed by atoms with Crippen molar-refractivity contribution >= 4 is 10.9 Å². The highest BCUT2D eigenvalue weighted by Gasteiger charge is 2.28. The maximum absolute atomic E-state index is 13.2. The van der Waals surface area contributed by atoms with E-state index in [0.717, 1.165) is 29.7 Å². The standard InChI is InChI=1S/C27H28N6O5/c1-2-5-23(26-29-30-31-33(26)17-21-7-4-9-36-21)32(16-20-6-3-8-35-20)15-19-12-18-13-24-25(38-11-10-37-24)14-22(18)28-27(19)34/h3-4,6-9,12-14,23H,2,5,10-11,15-17H2,1H3,(H,28,34)/t23-/m1/s1. The van der Waals surface area contributed by atoms with Crippen LogP contribution >= 0.6 is 0 Å². The molecule has 0 unspecified atom stereocenters. The van der Waals surface area contributed by atoms with E-state index in [0.29, 0.717) is 61.3 Å². The number of benzene rings is 1. The van der Waals surface area contributed by atoms with E-state index in [4.69, 9.17) is 18.3 Å². The molecule has 196 valence electrons. The van der Waals surface area contributed by atoms with Crippen LogP contribution in [-0.2, 0) is 19.6 Å². The van der Waals surface area contributed by atoms with E-state index in [1.165, 1.54) is 0 Å². The van der Waals surface area contributed by atoms with E-state index < -0.39 is 0 Å². The number of tetrazole rings is 1. The molecule has 1 aliphatic heterocycles. The second-order valence-corrected chi connectivity index (χ2v) is 9.27. The Hall–Kier alpha value is -4.38. The molecule has 0 radical (unpaired) electrons. The number of nitrogens with one attached hydrogen (secondary N) is 1. The molecule has 0 saturated heterocycles. The Kier molecular flexibility index (Phi) is 6.65. The first-order valence-electron chi connectivity index (χ1n) is 12.7. The summed E-state index contributed by atoms with van der Waals surface area (Å²) < 4.78 is 24.4. The molecule has 0 spiro atoms. The third kappa shape index (κ3) is 4.92. The summed E-state index contributed by atoms with van der Waals surface area (Å²) >= 11 is 0. The topological polar surface area (TPSA) is 124 Å². The van der Waals surface area contributed by atoms with Gasteiger partial charge in [-0.05, 0) is 53.2 Å². The van der Waals surface area contributed by atoms with Gasteiger partial charge in [-0.15, -0.1) is 5.10 Å². The van der Waals surface area contributed by atoms with Gasteiger partial charge in [0.2, 0.25) is 0 Å². The summed E-state index contributed by atoms with van der Waals surface area (Å²) in [5.74, 6) is 3.56. The molecular formula is C27H28N6O5. The van der Waals surface area contributed by atoms with Crippen molar-refractivity contribution in [3.05, 3.63) is 88.3 Å². The summed E-state index contributed by atoms with van der Waals surface area (Å²) in [5, 5.41) is 13.5. The summed E-state index contributed by atoms with van der Waals surface area (Å²) in [5.41, 5.74) is 1.16. The van der Waals surface area contributed by atoms with E-state index >= 15 is 0 Å². The van der Waals surface area contributed by atoms with Gasteiger partial charge < -0.3 is 23.3 Å². The number of aromatic nitrogens is 5. The largest absolute Gasteiger partial charge is 0.486 e. The molecule has 0 aliphatic carbocycles. The van der Waals surface area contributed by atoms with Crippen LogP contribution in [0.3, 0.4) is 0 Å². The number of furan rings is 2. The van der Waals surface area contributed by atoms with Crippen LogP contribution in [0.25, 0.3) is 10.9 Å². The van der Waals surface area contributed by atoms with Gasteiger partial charge in [0.1, 0.15) is 31.3 Å². The van der Waals surface area contributed by atoms with Crippen molar-refractivity contribution in [1.82, 2.24) is 30.1 Å². The van der Waals surface area contributed by atoms with Crippen LogP contribution < -0.4 is 15.0 Å². The molecule has 38 heavy (non-hydrogen) atoms. The molecule has 1 atom stereocenters. The average Bonchev–Trinajstić information content (AvgIpc) is 3.71. The molecule has 6 rings (SSSR count). The molecule has 0 fully saturated rings. The molecule has 4 aromatic heterocycles. The molecule has 11 heteroatoms. The maximum Gasteiger partial charge on any atom is 0.252 e. The number of aromatic amines is 1. The van der Waals surface area contributed by atoms with Gasteiger partial charge in [-0.25, -0.2) is 4.68 Å². The molecule has 5 heterocycles. The van der Waals surface area contributed by atoms with Crippen molar-refractivity contribution < 1.29 is 18.3 Å². The van der Waals surface area contributed by atoms with Gasteiger partial charge >= 0.3 is 0 Å². The predicted molar refractivity (Wildman–Crippen MR) is 137 cm³/mol. The van der Waals surface area contributed by atoms with Gasteiger partial charge in [0.05, 0.1) is 30.6 Å². The number of rotatable bonds is 10. The second-order valence-electron chi connectivity index (χ2n) is 9.27. The first-order chi connectivity index (χ1) is 18.7. The van der Waals surface area contributed by atoms with Gasteiger partial charge in [0.15, 0.2) is 17.3 Å². The first kappa shape index (κ1) is 24.0. The molecule has 1 aromatic carbocycles. The maximum atomic E-state index is 13.2. The number of ether oxygens (including phenoxy) is 2. The number of fused-ring (bicyclic) bond motifs is 2. The summed E-state index contributed by atoms with van der Waals surface area (Å²) in [6.07, 6.45) is 4.96. The Morgan fingerprint density at radius 3 is 2.53 bits per heavy atom. The highest BCUT2D eigenvalue weighted by Crippen LogP contribution is 2.34. The molecule has 0 amide bonds. The third-order valence-corrected chi connectivity index (χ3v) is 6.64. The van der Waals surface area contributed by atoms with E-state index in [1.54, 1.807) is 17.2 Å². The summed E-state index contributed by atoms with van der Waals surface area (Å²) in [7, 11) is 0. The first-order valence-corrected chi connectivity index (χ1v) is 12.7. The number of hydrogen-bond acceptors (Lipinski definition) is 9. The van der Waals surface area contributed by atoms with Crippen molar-refractivity contribution in [2.24, 2.45) is 0 Å². The lowest BCUT2D eigenvalue weighted by molar-refractivity contribution is 0.144. The minimum Gasteiger partial charge on any atom is -0.486 e. The predicted octanol–water partition coefficient (Wildman–Crippen LogP) is 4.06. The quantitative estimate of drug-likeness (QED) is 0.292. The smallest absolute Gasteiger partial charge is 0.252 e. The van der Waals surface area contributed by atoms with Crippen LogP contribution in [0, 0.1) is 0 Å². The van der Waals surface area contributed by atoms with E-state index in [1.807, 2.05) is 42.5 Å². The Balaban J connectivity index is 1.37. The zero-order valence-electron chi connectivity index (χ0n) is 21.0. The summed E-state index contributed by atoms with van der Waals surface area (Å²) in [4.78, 5) is 18.5. The minimum absolute atomic E-state index is 0.163. The molecule has 5 aromatic rings. The number of hydrogen-bond donors (Lipinski definition) is 1. The molecule has 11 nitrogen and oxygen atoms in total. The van der Waals surface area contributed by atoms with Crippen LogP contribution in [0.1, 0.15) is 48.7 Å². The third-order valence-electron chi connectivity index (χ3n) is 6.64. The molecule has 0 bridgehead atoms. The number of H-pyrrole nitrogens is 1. The van der Waals surface area contributed by atoms with Crippen LogP contribution in [0.4, 0.5) is 0 Å². The van der Waals surface area contributed by atoms with Gasteiger partial charge in [-0.1, -0.05) is 13.3 Å². The molecule has 0 saturated carbocycles. The zero-order chi connectivity index (χ0) is 25.9. The summed E-state index contributed by atoms with van der Waals surface area (Å²) in [6, 6.07) is 13.0. The fourth-order valence-corrected chi connectivity index (χ4v) is 4.86. The van der Waals surface area contributed by atoms with Gasteiger partial charge in [0, 0.05) is 23.6 Å². The Morgan fingerprint density at radius 1 is 1.03 bits per heavy atom. The average molecular weight is 517 g/mol. The van der Waals surface area contributed by atoms with E-state index in [9.17, 15) is 4.79 Å². The molecule has 1 N–H and O–H groups in total.